The predicted octanol–water partition coefficient (Wildman–Crippen LogP) is 1.80. The Kier molecular flexibility index (Phi) is 2.58. The van der Waals surface area contributed by atoms with E-state index in [1.54, 1.807) is 0 Å². The van der Waals surface area contributed by atoms with E-state index in [2.05, 4.69) is 9.24 Å². The summed E-state index contributed by atoms with van der Waals surface area (Å²) < 4.78 is 0. The van der Waals surface area contributed by atoms with Gasteiger partial charge in [0.25, 0.3) is 0 Å². The van der Waals surface area contributed by atoms with E-state index in [4.69, 9.17) is 0 Å². The van der Waals surface area contributed by atoms with Crippen molar-refractivity contribution < 1.29 is 4.79 Å². The van der Waals surface area contributed by atoms with E-state index in [-0.39, 0.29) is 5.66 Å². The van der Waals surface area contributed by atoms with Crippen LogP contribution in [0.15, 0.2) is 30.3 Å². The quantitative estimate of drug-likeness (QED) is 0.466. The molecule has 1 rings (SSSR count). The van der Waals surface area contributed by atoms with Crippen LogP contribution in [-0.4, -0.2) is 6.29 Å². The average Bonchev–Trinajstić information content (AvgIpc) is 2.05. The minimum absolute atomic E-state index is 0.0544. The molecule has 2 heteroatoms. The third kappa shape index (κ3) is 1.65. The largest absolute Gasteiger partial charge is 0.302 e. The molecule has 0 aromatic heterocycles. The van der Waals surface area contributed by atoms with Gasteiger partial charge < -0.3 is 4.79 Å². The van der Waals surface area contributed by atoms with E-state index in [1.807, 2.05) is 30.3 Å². The summed E-state index contributed by atoms with van der Waals surface area (Å²) >= 11 is 0. The minimum atomic E-state index is -0.0544. The predicted molar refractivity (Wildman–Crippen MR) is 45.0 cm³/mol. The third-order valence-corrected chi connectivity index (χ3v) is 1.87. The molecule has 0 amide bonds. The second kappa shape index (κ2) is 3.48. The van der Waals surface area contributed by atoms with Crippen molar-refractivity contribution in [3.63, 3.8) is 0 Å². The number of hydrogen-bond acceptors (Lipinski definition) is 1. The van der Waals surface area contributed by atoms with Gasteiger partial charge in [0.15, 0.2) is 0 Å². The molecule has 0 radical (unpaired) electrons. The fraction of sp³-hybridized carbons (Fsp3) is 0.125. The highest BCUT2D eigenvalue weighted by atomic mass is 31.0. The molecule has 0 aliphatic rings. The molecule has 1 aromatic rings. The van der Waals surface area contributed by atoms with Gasteiger partial charge in [0, 0.05) is 0 Å². The molecule has 52 valence electrons. The van der Waals surface area contributed by atoms with E-state index in [1.165, 1.54) is 0 Å². The summed E-state index contributed by atoms with van der Waals surface area (Å²) in [6.07, 6.45) is 0.917. The van der Waals surface area contributed by atoms with Crippen molar-refractivity contribution >= 4 is 15.5 Å². The highest BCUT2D eigenvalue weighted by molar-refractivity contribution is 7.18. The molecule has 10 heavy (non-hydrogen) atoms. The number of rotatable bonds is 2. The van der Waals surface area contributed by atoms with Crippen LogP contribution < -0.4 is 0 Å². The van der Waals surface area contributed by atoms with Crippen molar-refractivity contribution in [1.82, 2.24) is 0 Å². The zero-order chi connectivity index (χ0) is 7.40. The van der Waals surface area contributed by atoms with Crippen LogP contribution >= 0.6 is 9.24 Å². The lowest BCUT2D eigenvalue weighted by atomic mass is 10.2. The lowest BCUT2D eigenvalue weighted by Crippen LogP contribution is -1.88. The molecule has 0 N–H and O–H groups in total. The molecule has 2 unspecified atom stereocenters. The van der Waals surface area contributed by atoms with Gasteiger partial charge in [0.05, 0.1) is 5.66 Å². The van der Waals surface area contributed by atoms with Crippen molar-refractivity contribution in [1.29, 1.82) is 0 Å². The maximum absolute atomic E-state index is 10.3. The fourth-order valence-electron chi connectivity index (χ4n) is 0.754. The maximum atomic E-state index is 10.3. The van der Waals surface area contributed by atoms with Gasteiger partial charge in [0.1, 0.15) is 6.29 Å². The molecule has 0 bridgehead atoms. The Hall–Kier alpha value is -0.680. The average molecular weight is 152 g/mol. The van der Waals surface area contributed by atoms with Gasteiger partial charge in [0.2, 0.25) is 0 Å². The summed E-state index contributed by atoms with van der Waals surface area (Å²) in [7, 11) is 2.48. The molecule has 0 heterocycles. The van der Waals surface area contributed by atoms with Crippen LogP contribution in [0.1, 0.15) is 11.2 Å². The van der Waals surface area contributed by atoms with Gasteiger partial charge >= 0.3 is 0 Å². The first-order valence-corrected chi connectivity index (χ1v) is 3.77. The molecule has 0 saturated carbocycles. The van der Waals surface area contributed by atoms with Crippen LogP contribution in [0, 0.1) is 0 Å². The smallest absolute Gasteiger partial charge is 0.131 e. The zero-order valence-corrected chi connectivity index (χ0v) is 6.68. The van der Waals surface area contributed by atoms with E-state index in [0.717, 1.165) is 11.8 Å². The van der Waals surface area contributed by atoms with E-state index >= 15 is 0 Å². The Balaban J connectivity index is 2.84. The van der Waals surface area contributed by atoms with Crippen LogP contribution in [0.25, 0.3) is 0 Å². The number of aldehydes is 1. The first kappa shape index (κ1) is 7.43. The normalized spacial score (nSPS) is 12.5. The second-order valence-corrected chi connectivity index (χ2v) is 2.79. The summed E-state index contributed by atoms with van der Waals surface area (Å²) in [6.45, 7) is 0. The van der Waals surface area contributed by atoms with Crippen molar-refractivity contribution in [2.24, 2.45) is 0 Å². The molecular formula is C8H9OP. The molecule has 0 spiro atoms. The lowest BCUT2D eigenvalue weighted by Gasteiger charge is -2.00. The van der Waals surface area contributed by atoms with Gasteiger partial charge in [-0.15, -0.1) is 9.24 Å². The van der Waals surface area contributed by atoms with Gasteiger partial charge in [-0.25, -0.2) is 0 Å². The van der Waals surface area contributed by atoms with E-state index in [9.17, 15) is 4.79 Å². The van der Waals surface area contributed by atoms with E-state index in [0.29, 0.717) is 0 Å². The third-order valence-electron chi connectivity index (χ3n) is 1.33. The summed E-state index contributed by atoms with van der Waals surface area (Å²) in [6, 6.07) is 9.66. The summed E-state index contributed by atoms with van der Waals surface area (Å²) in [5.41, 5.74) is 0.990. The Morgan fingerprint density at radius 2 is 1.90 bits per heavy atom. The number of benzene rings is 1. The number of carbonyl (C=O) groups excluding carboxylic acids is 1. The second-order valence-electron chi connectivity index (χ2n) is 2.07. The van der Waals surface area contributed by atoms with E-state index < -0.39 is 0 Å². The minimum Gasteiger partial charge on any atom is -0.302 e. The summed E-state index contributed by atoms with van der Waals surface area (Å²) in [5, 5.41) is 0. The summed E-state index contributed by atoms with van der Waals surface area (Å²) in [4.78, 5) is 10.3. The lowest BCUT2D eigenvalue weighted by molar-refractivity contribution is -0.107. The molecule has 0 fully saturated rings. The van der Waals surface area contributed by atoms with Crippen molar-refractivity contribution in [3.05, 3.63) is 35.9 Å². The van der Waals surface area contributed by atoms with Crippen LogP contribution in [0.5, 0.6) is 0 Å². The summed E-state index contributed by atoms with van der Waals surface area (Å²) in [5.74, 6) is 0. The monoisotopic (exact) mass is 152 g/mol. The number of carbonyl (C=O) groups is 1. The molecule has 0 aliphatic carbocycles. The van der Waals surface area contributed by atoms with Crippen molar-refractivity contribution in [3.8, 4) is 0 Å². The van der Waals surface area contributed by atoms with Gasteiger partial charge in [-0.3, -0.25) is 0 Å². The van der Waals surface area contributed by atoms with Crippen LogP contribution in [0.2, 0.25) is 0 Å². The first-order valence-electron chi connectivity index (χ1n) is 3.10. The van der Waals surface area contributed by atoms with Gasteiger partial charge in [-0.1, -0.05) is 30.3 Å². The van der Waals surface area contributed by atoms with Crippen molar-refractivity contribution in [2.45, 2.75) is 5.66 Å². The Bertz CT molecular complexity index is 208. The Morgan fingerprint density at radius 3 is 2.40 bits per heavy atom. The maximum Gasteiger partial charge on any atom is 0.131 e. The van der Waals surface area contributed by atoms with Gasteiger partial charge in [-0.05, 0) is 5.56 Å². The fourth-order valence-corrected chi connectivity index (χ4v) is 0.976. The molecule has 0 saturated heterocycles. The molecule has 0 aliphatic heterocycles. The Morgan fingerprint density at radius 1 is 1.30 bits per heavy atom. The number of hydrogen-bond donors (Lipinski definition) is 0. The molecule has 2 atom stereocenters. The highest BCUT2D eigenvalue weighted by Crippen LogP contribution is 2.18. The van der Waals surface area contributed by atoms with Crippen LogP contribution in [-0.2, 0) is 4.79 Å². The zero-order valence-electron chi connectivity index (χ0n) is 5.53. The van der Waals surface area contributed by atoms with Crippen LogP contribution in [0.3, 0.4) is 0 Å². The molecule has 1 aromatic carbocycles. The topological polar surface area (TPSA) is 17.1 Å². The molecular weight excluding hydrogens is 143 g/mol. The van der Waals surface area contributed by atoms with Crippen molar-refractivity contribution in [2.75, 3.05) is 0 Å². The van der Waals surface area contributed by atoms with Crippen LogP contribution in [0.4, 0.5) is 0 Å². The molecule has 1 nitrogen and oxygen atoms in total. The standard InChI is InChI=1S/C8H9OP/c9-6-8(10)7-4-2-1-3-5-7/h1-6,8H,10H2. The SMILES string of the molecule is O=CC(P)c1ccccc1. The highest BCUT2D eigenvalue weighted by Gasteiger charge is 1.99. The first-order chi connectivity index (χ1) is 4.84. The Labute approximate surface area is 62.7 Å². The van der Waals surface area contributed by atoms with Gasteiger partial charge in [-0.2, -0.15) is 0 Å².